The van der Waals surface area contributed by atoms with Gasteiger partial charge < -0.3 is 4.74 Å². The largest absolute Gasteiger partial charge is 0.453 e. The van der Waals surface area contributed by atoms with Gasteiger partial charge in [-0.05, 0) is 41.1 Å². The first kappa shape index (κ1) is 14.9. The van der Waals surface area contributed by atoms with Crippen molar-refractivity contribution in [1.82, 2.24) is 0 Å². The summed E-state index contributed by atoms with van der Waals surface area (Å²) in [4.78, 5) is 10.1. The van der Waals surface area contributed by atoms with E-state index >= 15 is 0 Å². The molecule has 0 aliphatic heterocycles. The van der Waals surface area contributed by atoms with Crippen LogP contribution in [0.3, 0.4) is 0 Å². The lowest BCUT2D eigenvalue weighted by Crippen LogP contribution is -1.97. The first-order valence-corrected chi connectivity index (χ1v) is 6.54. The Morgan fingerprint density at radius 2 is 2.10 bits per heavy atom. The molecule has 0 fully saturated rings. The van der Waals surface area contributed by atoms with Crippen molar-refractivity contribution in [2.24, 2.45) is 0 Å². The highest BCUT2D eigenvalue weighted by Gasteiger charge is 2.18. The average molecular weight is 351 g/mol. The SMILES string of the molecule is Cc1cc(Oc2cccc(Br)c2C#N)c(F)cc1[N+](=O)[O-]. The second-order valence-corrected chi connectivity index (χ2v) is 5.01. The van der Waals surface area contributed by atoms with Gasteiger partial charge in [0.1, 0.15) is 17.4 Å². The van der Waals surface area contributed by atoms with Crippen molar-refractivity contribution in [3.8, 4) is 17.6 Å². The Morgan fingerprint density at radius 3 is 2.71 bits per heavy atom. The highest BCUT2D eigenvalue weighted by Crippen LogP contribution is 2.33. The molecule has 0 saturated heterocycles. The maximum absolute atomic E-state index is 13.9. The number of aryl methyl sites for hydroxylation is 1. The van der Waals surface area contributed by atoms with E-state index in [1.165, 1.54) is 19.1 Å². The molecule has 2 aromatic carbocycles. The van der Waals surface area contributed by atoms with Crippen LogP contribution in [0.4, 0.5) is 10.1 Å². The third kappa shape index (κ3) is 3.01. The van der Waals surface area contributed by atoms with Gasteiger partial charge in [-0.25, -0.2) is 4.39 Å². The highest BCUT2D eigenvalue weighted by molar-refractivity contribution is 9.10. The smallest absolute Gasteiger partial charge is 0.275 e. The van der Waals surface area contributed by atoms with Crippen molar-refractivity contribution in [3.63, 3.8) is 0 Å². The van der Waals surface area contributed by atoms with Crippen molar-refractivity contribution in [1.29, 1.82) is 5.26 Å². The zero-order valence-corrected chi connectivity index (χ0v) is 12.3. The van der Waals surface area contributed by atoms with Gasteiger partial charge >= 0.3 is 0 Å². The van der Waals surface area contributed by atoms with Crippen LogP contribution in [0.5, 0.6) is 11.5 Å². The summed E-state index contributed by atoms with van der Waals surface area (Å²) in [5.74, 6) is -0.872. The minimum Gasteiger partial charge on any atom is -0.453 e. The molecule has 21 heavy (non-hydrogen) atoms. The standard InChI is InChI=1S/C14H8BrFN2O3/c1-8-5-14(11(16)6-12(8)18(19)20)21-13-4-2-3-10(15)9(13)7-17/h2-6H,1H3. The van der Waals surface area contributed by atoms with Crippen molar-refractivity contribution in [2.45, 2.75) is 6.92 Å². The normalized spacial score (nSPS) is 10.0. The minimum absolute atomic E-state index is 0.166. The number of rotatable bonds is 3. The summed E-state index contributed by atoms with van der Waals surface area (Å²) in [7, 11) is 0. The van der Waals surface area contributed by atoms with Gasteiger partial charge in [0.05, 0.1) is 11.0 Å². The molecule has 0 bridgehead atoms. The molecule has 0 aliphatic carbocycles. The summed E-state index contributed by atoms with van der Waals surface area (Å²) < 4.78 is 19.8. The number of hydrogen-bond acceptors (Lipinski definition) is 4. The van der Waals surface area contributed by atoms with Gasteiger partial charge in [0, 0.05) is 10.0 Å². The zero-order chi connectivity index (χ0) is 15.6. The third-order valence-electron chi connectivity index (χ3n) is 2.75. The Hall–Kier alpha value is -2.46. The number of nitriles is 1. The van der Waals surface area contributed by atoms with Gasteiger partial charge in [0.15, 0.2) is 11.6 Å². The van der Waals surface area contributed by atoms with Crippen LogP contribution in [0, 0.1) is 34.2 Å². The molecular weight excluding hydrogens is 343 g/mol. The van der Waals surface area contributed by atoms with E-state index in [0.29, 0.717) is 4.47 Å². The van der Waals surface area contributed by atoms with Crippen LogP contribution >= 0.6 is 15.9 Å². The fraction of sp³-hybridized carbons (Fsp3) is 0.0714. The molecule has 2 rings (SSSR count). The van der Waals surface area contributed by atoms with Crippen LogP contribution in [0.15, 0.2) is 34.8 Å². The second kappa shape index (κ2) is 5.89. The Balaban J connectivity index is 2.47. The molecule has 0 heterocycles. The van der Waals surface area contributed by atoms with E-state index in [9.17, 15) is 14.5 Å². The Labute approximate surface area is 127 Å². The third-order valence-corrected chi connectivity index (χ3v) is 3.42. The molecule has 0 aromatic heterocycles. The molecule has 0 saturated carbocycles. The Kier molecular flexibility index (Phi) is 4.19. The number of nitrogens with zero attached hydrogens (tertiary/aromatic N) is 2. The molecular formula is C14H8BrFN2O3. The number of benzene rings is 2. The topological polar surface area (TPSA) is 76.2 Å². The summed E-state index contributed by atoms with van der Waals surface area (Å²) in [5, 5.41) is 19.8. The van der Waals surface area contributed by atoms with Crippen LogP contribution < -0.4 is 4.74 Å². The lowest BCUT2D eigenvalue weighted by Gasteiger charge is -2.10. The van der Waals surface area contributed by atoms with Gasteiger partial charge in [0.2, 0.25) is 0 Å². The van der Waals surface area contributed by atoms with Gasteiger partial charge in [0.25, 0.3) is 5.69 Å². The van der Waals surface area contributed by atoms with E-state index in [2.05, 4.69) is 15.9 Å². The number of hydrogen-bond donors (Lipinski definition) is 0. The van der Waals surface area contributed by atoms with Crippen molar-refractivity contribution < 1.29 is 14.1 Å². The molecule has 0 N–H and O–H groups in total. The van der Waals surface area contributed by atoms with Crippen molar-refractivity contribution in [3.05, 3.63) is 61.9 Å². The number of nitro benzene ring substituents is 1. The Bertz CT molecular complexity index is 772. The fourth-order valence-electron chi connectivity index (χ4n) is 1.74. The van der Waals surface area contributed by atoms with Crippen LogP contribution in [-0.4, -0.2) is 4.92 Å². The first-order chi connectivity index (χ1) is 9.93. The number of halogens is 2. The monoisotopic (exact) mass is 350 g/mol. The van der Waals surface area contributed by atoms with Gasteiger partial charge in [-0.3, -0.25) is 10.1 Å². The quantitative estimate of drug-likeness (QED) is 0.604. The van der Waals surface area contributed by atoms with Crippen molar-refractivity contribution >= 4 is 21.6 Å². The maximum Gasteiger partial charge on any atom is 0.275 e. The highest BCUT2D eigenvalue weighted by atomic mass is 79.9. The predicted molar refractivity (Wildman–Crippen MR) is 76.7 cm³/mol. The Morgan fingerprint density at radius 1 is 1.38 bits per heavy atom. The zero-order valence-electron chi connectivity index (χ0n) is 10.8. The molecule has 0 spiro atoms. The van der Waals surface area contributed by atoms with Gasteiger partial charge in [-0.2, -0.15) is 5.26 Å². The van der Waals surface area contributed by atoms with E-state index in [1.807, 2.05) is 6.07 Å². The maximum atomic E-state index is 13.9. The second-order valence-electron chi connectivity index (χ2n) is 4.15. The number of nitro groups is 1. The molecule has 0 aliphatic rings. The van der Waals surface area contributed by atoms with Crippen molar-refractivity contribution in [2.75, 3.05) is 0 Å². The lowest BCUT2D eigenvalue weighted by molar-refractivity contribution is -0.385. The molecule has 0 radical (unpaired) electrons. The van der Waals surface area contributed by atoms with Gasteiger partial charge in [-0.1, -0.05) is 6.07 Å². The molecule has 7 heteroatoms. The molecule has 0 amide bonds. The van der Waals surface area contributed by atoms with Crippen LogP contribution in [0.2, 0.25) is 0 Å². The van der Waals surface area contributed by atoms with E-state index in [-0.39, 0.29) is 28.3 Å². The summed E-state index contributed by atoms with van der Waals surface area (Å²) in [6, 6.07) is 8.78. The summed E-state index contributed by atoms with van der Waals surface area (Å²) in [6.07, 6.45) is 0. The lowest BCUT2D eigenvalue weighted by atomic mass is 10.2. The molecule has 0 unspecified atom stereocenters. The summed E-state index contributed by atoms with van der Waals surface area (Å²) >= 11 is 3.20. The van der Waals surface area contributed by atoms with E-state index in [1.54, 1.807) is 12.1 Å². The molecule has 5 nitrogen and oxygen atoms in total. The number of ether oxygens (including phenoxy) is 1. The minimum atomic E-state index is -0.865. The predicted octanol–water partition coefficient (Wildman–Crippen LogP) is 4.47. The summed E-state index contributed by atoms with van der Waals surface area (Å²) in [5.41, 5.74) is 0.160. The molecule has 2 aromatic rings. The molecule has 0 atom stereocenters. The van der Waals surface area contributed by atoms with Gasteiger partial charge in [-0.15, -0.1) is 0 Å². The molecule has 106 valence electrons. The fourth-order valence-corrected chi connectivity index (χ4v) is 2.17. The average Bonchev–Trinajstić information content (AvgIpc) is 2.42. The van der Waals surface area contributed by atoms with E-state index in [4.69, 9.17) is 10.00 Å². The van der Waals surface area contributed by atoms with E-state index < -0.39 is 10.7 Å². The first-order valence-electron chi connectivity index (χ1n) is 5.75. The van der Waals surface area contributed by atoms with E-state index in [0.717, 1.165) is 6.07 Å². The van der Waals surface area contributed by atoms with Crippen LogP contribution in [0.25, 0.3) is 0 Å². The summed E-state index contributed by atoms with van der Waals surface area (Å²) in [6.45, 7) is 1.48. The van der Waals surface area contributed by atoms with Crippen LogP contribution in [-0.2, 0) is 0 Å². The van der Waals surface area contributed by atoms with Crippen LogP contribution in [0.1, 0.15) is 11.1 Å².